The molecule has 1 aromatic heterocycles. The van der Waals surface area contributed by atoms with E-state index < -0.39 is 0 Å². The van der Waals surface area contributed by atoms with Gasteiger partial charge in [0.2, 0.25) is 5.91 Å². The zero-order chi connectivity index (χ0) is 21.7. The van der Waals surface area contributed by atoms with Gasteiger partial charge in [-0.2, -0.15) is 0 Å². The van der Waals surface area contributed by atoms with Crippen LogP contribution in [0.3, 0.4) is 0 Å². The topological polar surface area (TPSA) is 76.9 Å². The van der Waals surface area contributed by atoms with E-state index in [1.165, 1.54) is 18.7 Å². The minimum absolute atomic E-state index is 0.0238. The van der Waals surface area contributed by atoms with Crippen molar-refractivity contribution in [3.05, 3.63) is 64.7 Å². The number of nitrogens with zero attached hydrogens (tertiary/aromatic N) is 3. The smallest absolute Gasteiger partial charge is 0.216 e. The number of amides is 1. The molecule has 3 aromatic rings. The van der Waals surface area contributed by atoms with E-state index in [0.717, 1.165) is 17.5 Å². The van der Waals surface area contributed by atoms with Gasteiger partial charge in [0.05, 0.1) is 10.3 Å². The number of hydrogen-bond acceptors (Lipinski definition) is 5. The van der Waals surface area contributed by atoms with E-state index >= 15 is 0 Å². The quantitative estimate of drug-likeness (QED) is 0.418. The van der Waals surface area contributed by atoms with Crippen LogP contribution in [0.1, 0.15) is 29.8 Å². The highest BCUT2D eigenvalue weighted by molar-refractivity contribution is 8.00. The monoisotopic (exact) mass is 442 g/mol. The van der Waals surface area contributed by atoms with Crippen molar-refractivity contribution in [1.82, 2.24) is 20.1 Å². The van der Waals surface area contributed by atoms with Gasteiger partial charge >= 0.3 is 0 Å². The molecule has 1 N–H and O–H groups in total. The molecule has 8 heteroatoms. The van der Waals surface area contributed by atoms with Crippen LogP contribution in [0.2, 0.25) is 5.02 Å². The van der Waals surface area contributed by atoms with Gasteiger partial charge in [-0.1, -0.05) is 59.8 Å². The predicted molar refractivity (Wildman–Crippen MR) is 120 cm³/mol. The summed E-state index contributed by atoms with van der Waals surface area (Å²) in [5.41, 5.74) is 2.51. The molecule has 0 aliphatic rings. The van der Waals surface area contributed by atoms with E-state index in [1.54, 1.807) is 0 Å². The second-order valence-corrected chi connectivity index (χ2v) is 8.61. The summed E-state index contributed by atoms with van der Waals surface area (Å²) in [5.74, 6) is 0.635. The fourth-order valence-corrected chi connectivity index (χ4v) is 4.07. The molecule has 0 saturated heterocycles. The Morgan fingerprint density at radius 3 is 2.50 bits per heavy atom. The van der Waals surface area contributed by atoms with Crippen molar-refractivity contribution < 1.29 is 9.59 Å². The van der Waals surface area contributed by atoms with Gasteiger partial charge in [-0.05, 0) is 31.0 Å². The van der Waals surface area contributed by atoms with E-state index in [-0.39, 0.29) is 16.9 Å². The molecule has 3 rings (SSSR count). The highest BCUT2D eigenvalue weighted by Gasteiger charge is 2.21. The lowest BCUT2D eigenvalue weighted by molar-refractivity contribution is -0.118. The van der Waals surface area contributed by atoms with Crippen LogP contribution in [0.15, 0.2) is 53.7 Å². The van der Waals surface area contributed by atoms with Crippen LogP contribution in [0.5, 0.6) is 0 Å². The maximum absolute atomic E-state index is 12.8. The first-order valence-corrected chi connectivity index (χ1v) is 10.8. The molecular weight excluding hydrogens is 420 g/mol. The molecule has 1 amide bonds. The van der Waals surface area contributed by atoms with E-state index in [9.17, 15) is 9.59 Å². The summed E-state index contributed by atoms with van der Waals surface area (Å²) in [7, 11) is 1.86. The van der Waals surface area contributed by atoms with E-state index in [1.807, 2.05) is 67.1 Å². The molecule has 0 radical (unpaired) electrons. The van der Waals surface area contributed by atoms with Crippen molar-refractivity contribution >= 4 is 35.1 Å². The van der Waals surface area contributed by atoms with Gasteiger partial charge in [0.25, 0.3) is 0 Å². The predicted octanol–water partition coefficient (Wildman–Crippen LogP) is 4.18. The number of benzene rings is 2. The Bertz CT molecular complexity index is 1050. The van der Waals surface area contributed by atoms with Crippen LogP contribution in [-0.2, 0) is 18.3 Å². The third-order valence-electron chi connectivity index (χ3n) is 4.63. The zero-order valence-electron chi connectivity index (χ0n) is 17.1. The molecular formula is C22H23ClN4O2S. The molecule has 0 aliphatic carbocycles. The Morgan fingerprint density at radius 1 is 1.13 bits per heavy atom. The van der Waals surface area contributed by atoms with Crippen LogP contribution < -0.4 is 5.32 Å². The van der Waals surface area contributed by atoms with Crippen LogP contribution in [0, 0.1) is 0 Å². The van der Waals surface area contributed by atoms with Gasteiger partial charge < -0.3 is 9.88 Å². The maximum Gasteiger partial charge on any atom is 0.216 e. The molecule has 0 spiro atoms. The molecule has 1 heterocycles. The van der Waals surface area contributed by atoms with Crippen molar-refractivity contribution in [2.45, 2.75) is 30.7 Å². The number of ketones is 1. The summed E-state index contributed by atoms with van der Waals surface area (Å²) < 4.78 is 1.85. The highest BCUT2D eigenvalue weighted by Crippen LogP contribution is 2.30. The fraction of sp³-hybridized carbons (Fsp3) is 0.273. The maximum atomic E-state index is 12.8. The number of carbonyl (C=O) groups excluding carboxylic acids is 2. The average Bonchev–Trinajstić information content (AvgIpc) is 3.08. The molecule has 156 valence electrons. The number of hydrogen-bond donors (Lipinski definition) is 1. The van der Waals surface area contributed by atoms with Crippen LogP contribution in [0.25, 0.3) is 11.4 Å². The lowest BCUT2D eigenvalue weighted by Gasteiger charge is -2.11. The molecule has 2 aromatic carbocycles. The van der Waals surface area contributed by atoms with Gasteiger partial charge in [-0.3, -0.25) is 9.59 Å². The number of aromatic nitrogens is 3. The number of carbonyl (C=O) groups is 2. The van der Waals surface area contributed by atoms with Crippen molar-refractivity contribution in [1.29, 1.82) is 0 Å². The third kappa shape index (κ3) is 5.29. The third-order valence-corrected chi connectivity index (χ3v) is 6.09. The van der Waals surface area contributed by atoms with Crippen molar-refractivity contribution in [2.75, 3.05) is 6.54 Å². The molecule has 0 bridgehead atoms. The normalized spacial score (nSPS) is 11.9. The van der Waals surface area contributed by atoms with Crippen LogP contribution in [-0.4, -0.2) is 38.2 Å². The summed E-state index contributed by atoms with van der Waals surface area (Å²) in [6.07, 6.45) is 0.724. The second kappa shape index (κ2) is 9.91. The molecule has 1 unspecified atom stereocenters. The first-order chi connectivity index (χ1) is 14.4. The van der Waals surface area contributed by atoms with Crippen LogP contribution >= 0.6 is 23.4 Å². The van der Waals surface area contributed by atoms with E-state index in [4.69, 9.17) is 11.6 Å². The molecule has 0 aliphatic heterocycles. The first kappa shape index (κ1) is 22.1. The second-order valence-electron chi connectivity index (χ2n) is 6.90. The summed E-state index contributed by atoms with van der Waals surface area (Å²) in [6.45, 7) is 3.94. The van der Waals surface area contributed by atoms with Gasteiger partial charge in [0, 0.05) is 31.6 Å². The van der Waals surface area contributed by atoms with Crippen LogP contribution in [0.4, 0.5) is 0 Å². The Kier molecular flexibility index (Phi) is 7.29. The summed E-state index contributed by atoms with van der Waals surface area (Å²) >= 11 is 7.64. The highest BCUT2D eigenvalue weighted by atomic mass is 35.5. The van der Waals surface area contributed by atoms with Gasteiger partial charge in [0.1, 0.15) is 0 Å². The lowest BCUT2D eigenvalue weighted by atomic mass is 10.0. The van der Waals surface area contributed by atoms with E-state index in [0.29, 0.717) is 28.1 Å². The molecule has 30 heavy (non-hydrogen) atoms. The summed E-state index contributed by atoms with van der Waals surface area (Å²) in [6, 6.07) is 15.0. The minimum atomic E-state index is -0.322. The number of Topliss-reactive ketones (excluding diaryl/α,β-unsaturated/α-hetero) is 1. The summed E-state index contributed by atoms with van der Waals surface area (Å²) in [4.78, 5) is 23.8. The number of rotatable bonds is 8. The van der Waals surface area contributed by atoms with Gasteiger partial charge in [-0.25, -0.2) is 0 Å². The molecule has 0 saturated carbocycles. The Hall–Kier alpha value is -2.64. The van der Waals surface area contributed by atoms with Gasteiger partial charge in [-0.15, -0.1) is 10.2 Å². The molecule has 6 nitrogen and oxygen atoms in total. The largest absolute Gasteiger partial charge is 0.356 e. The van der Waals surface area contributed by atoms with E-state index in [2.05, 4.69) is 15.5 Å². The lowest BCUT2D eigenvalue weighted by Crippen LogP contribution is -2.22. The average molecular weight is 443 g/mol. The Morgan fingerprint density at radius 2 is 1.83 bits per heavy atom. The fourth-order valence-electron chi connectivity index (χ4n) is 2.96. The van der Waals surface area contributed by atoms with Crippen molar-refractivity contribution in [3.63, 3.8) is 0 Å². The first-order valence-electron chi connectivity index (χ1n) is 9.55. The standard InChI is InChI=1S/C22H23ClN4O2S/c1-14(20(29)17-10-8-16(9-11-17)12-13-24-15(2)28)30-22-26-25-21(27(22)3)18-6-4-5-7-19(18)23/h4-11,14H,12-13H2,1-3H3,(H,24,28). The number of nitrogens with one attached hydrogen (secondary N) is 1. The Labute approximate surface area is 185 Å². The molecule has 0 fully saturated rings. The minimum Gasteiger partial charge on any atom is -0.356 e. The van der Waals surface area contributed by atoms with Crippen molar-refractivity contribution in [2.24, 2.45) is 7.05 Å². The number of thioether (sulfide) groups is 1. The summed E-state index contributed by atoms with van der Waals surface area (Å²) in [5, 5.41) is 12.2. The van der Waals surface area contributed by atoms with Gasteiger partial charge in [0.15, 0.2) is 16.8 Å². The van der Waals surface area contributed by atoms with Crippen molar-refractivity contribution in [3.8, 4) is 11.4 Å². The molecule has 1 atom stereocenters. The SMILES string of the molecule is CC(=O)NCCc1ccc(C(=O)C(C)Sc2nnc(-c3ccccc3Cl)n2C)cc1. The number of halogens is 1. The Balaban J connectivity index is 1.66. The zero-order valence-corrected chi connectivity index (χ0v) is 18.6.